The average molecular weight is 496 g/mol. The fourth-order valence-electron chi connectivity index (χ4n) is 2.51. The van der Waals surface area contributed by atoms with Gasteiger partial charge in [0.15, 0.2) is 5.96 Å². The summed E-state index contributed by atoms with van der Waals surface area (Å²) in [6.45, 7) is 4.85. The monoisotopic (exact) mass is 496 g/mol. The molecule has 1 fully saturated rings. The van der Waals surface area contributed by atoms with Gasteiger partial charge in [-0.2, -0.15) is 0 Å². The smallest absolute Gasteiger partial charge is 0.242 e. The Morgan fingerprint density at radius 1 is 1.27 bits per heavy atom. The van der Waals surface area contributed by atoms with Crippen LogP contribution in [0.15, 0.2) is 34.2 Å². The Hall–Kier alpha value is -0.910. The van der Waals surface area contributed by atoms with Crippen molar-refractivity contribution in [2.45, 2.75) is 37.3 Å². The molecule has 1 aliphatic heterocycles. The van der Waals surface area contributed by atoms with Gasteiger partial charge in [0.05, 0.1) is 17.5 Å². The molecule has 1 aromatic carbocycles. The molecule has 0 bridgehead atoms. The molecule has 2 rings (SSSR count). The van der Waals surface area contributed by atoms with Crippen LogP contribution >= 0.6 is 24.0 Å². The zero-order valence-corrected chi connectivity index (χ0v) is 18.7. The Bertz CT molecular complexity index is 672. The third-order valence-corrected chi connectivity index (χ3v) is 5.82. The summed E-state index contributed by atoms with van der Waals surface area (Å²) < 4.78 is 31.0. The number of hydrogen-bond donors (Lipinski definition) is 2. The van der Waals surface area contributed by atoms with Gasteiger partial charge in [0, 0.05) is 33.8 Å². The number of benzene rings is 1. The number of sulfonamides is 1. The van der Waals surface area contributed by atoms with Gasteiger partial charge in [-0.05, 0) is 37.5 Å². The SMILES string of the molecule is CCNC(=NCc1ccc(S(=O)(=O)N(C)C)cc1)NCC1CCCO1.I. The van der Waals surface area contributed by atoms with Crippen molar-refractivity contribution in [3.8, 4) is 0 Å². The van der Waals surface area contributed by atoms with E-state index in [-0.39, 0.29) is 35.0 Å². The summed E-state index contributed by atoms with van der Waals surface area (Å²) in [5.74, 6) is 0.739. The van der Waals surface area contributed by atoms with E-state index in [4.69, 9.17) is 4.74 Å². The minimum atomic E-state index is -3.39. The zero-order valence-electron chi connectivity index (χ0n) is 15.6. The van der Waals surface area contributed by atoms with E-state index in [2.05, 4.69) is 15.6 Å². The standard InChI is InChI=1S/C17H28N4O3S.HI/c1-4-18-17(20-13-15-6-5-11-24-15)19-12-14-7-9-16(10-8-14)25(22,23)21(2)3;/h7-10,15H,4-6,11-13H2,1-3H3,(H2,18,19,20);1H. The van der Waals surface area contributed by atoms with Gasteiger partial charge in [-0.15, -0.1) is 24.0 Å². The predicted octanol–water partition coefficient (Wildman–Crippen LogP) is 1.79. The van der Waals surface area contributed by atoms with Crippen LogP contribution in [0, 0.1) is 0 Å². The van der Waals surface area contributed by atoms with Crippen molar-refractivity contribution in [1.82, 2.24) is 14.9 Å². The van der Waals surface area contributed by atoms with Crippen LogP contribution in [0.5, 0.6) is 0 Å². The van der Waals surface area contributed by atoms with Gasteiger partial charge in [-0.3, -0.25) is 0 Å². The van der Waals surface area contributed by atoms with E-state index in [1.54, 1.807) is 24.3 Å². The Morgan fingerprint density at radius 3 is 2.50 bits per heavy atom. The van der Waals surface area contributed by atoms with Gasteiger partial charge >= 0.3 is 0 Å². The highest BCUT2D eigenvalue weighted by atomic mass is 127. The summed E-state index contributed by atoms with van der Waals surface area (Å²) in [6.07, 6.45) is 2.44. The number of hydrogen-bond acceptors (Lipinski definition) is 4. The van der Waals surface area contributed by atoms with Crippen molar-refractivity contribution < 1.29 is 13.2 Å². The summed E-state index contributed by atoms with van der Waals surface area (Å²) >= 11 is 0. The molecule has 9 heteroatoms. The maximum atomic E-state index is 12.1. The predicted molar refractivity (Wildman–Crippen MR) is 115 cm³/mol. The molecule has 1 atom stereocenters. The summed E-state index contributed by atoms with van der Waals surface area (Å²) in [5, 5.41) is 6.50. The lowest BCUT2D eigenvalue weighted by atomic mass is 10.2. The summed E-state index contributed by atoms with van der Waals surface area (Å²) in [6, 6.07) is 6.83. The van der Waals surface area contributed by atoms with Crippen LogP contribution in [0.1, 0.15) is 25.3 Å². The number of ether oxygens (including phenoxy) is 1. The van der Waals surface area contributed by atoms with E-state index >= 15 is 0 Å². The topological polar surface area (TPSA) is 83.0 Å². The molecule has 0 aliphatic carbocycles. The van der Waals surface area contributed by atoms with Crippen molar-refractivity contribution in [2.75, 3.05) is 33.8 Å². The van der Waals surface area contributed by atoms with Crippen molar-refractivity contribution >= 4 is 40.0 Å². The zero-order chi connectivity index (χ0) is 18.3. The number of guanidine groups is 1. The lowest BCUT2D eigenvalue weighted by molar-refractivity contribution is 0.114. The fourth-order valence-corrected chi connectivity index (χ4v) is 3.41. The Labute approximate surface area is 173 Å². The first-order chi connectivity index (χ1) is 11.9. The van der Waals surface area contributed by atoms with Crippen molar-refractivity contribution in [2.24, 2.45) is 4.99 Å². The first-order valence-corrected chi connectivity index (χ1v) is 10.0. The van der Waals surface area contributed by atoms with E-state index in [1.807, 2.05) is 6.92 Å². The Morgan fingerprint density at radius 2 is 1.96 bits per heavy atom. The third kappa shape index (κ3) is 6.67. The highest BCUT2D eigenvalue weighted by molar-refractivity contribution is 14.0. The molecule has 1 aliphatic rings. The fraction of sp³-hybridized carbons (Fsp3) is 0.588. The van der Waals surface area contributed by atoms with Gasteiger partial charge < -0.3 is 15.4 Å². The second kappa shape index (κ2) is 11.1. The minimum Gasteiger partial charge on any atom is -0.376 e. The molecular formula is C17H29IN4O3S. The average Bonchev–Trinajstić information content (AvgIpc) is 3.11. The highest BCUT2D eigenvalue weighted by Gasteiger charge is 2.17. The van der Waals surface area contributed by atoms with Crippen LogP contribution < -0.4 is 10.6 Å². The van der Waals surface area contributed by atoms with Crippen LogP contribution in [0.4, 0.5) is 0 Å². The molecule has 7 nitrogen and oxygen atoms in total. The molecule has 1 heterocycles. The van der Waals surface area contributed by atoms with E-state index in [9.17, 15) is 8.42 Å². The first-order valence-electron chi connectivity index (χ1n) is 8.58. The van der Waals surface area contributed by atoms with Crippen LogP contribution in [0.25, 0.3) is 0 Å². The number of nitrogens with zero attached hydrogens (tertiary/aromatic N) is 2. The Balaban J connectivity index is 0.00000338. The number of nitrogens with one attached hydrogen (secondary N) is 2. The van der Waals surface area contributed by atoms with Crippen molar-refractivity contribution in [1.29, 1.82) is 0 Å². The van der Waals surface area contributed by atoms with E-state index < -0.39 is 10.0 Å². The molecular weight excluding hydrogens is 467 g/mol. The van der Waals surface area contributed by atoms with Gasteiger partial charge in [-0.25, -0.2) is 17.7 Å². The maximum absolute atomic E-state index is 12.1. The molecule has 2 N–H and O–H groups in total. The molecule has 148 valence electrons. The second-order valence-electron chi connectivity index (χ2n) is 6.14. The van der Waals surface area contributed by atoms with Gasteiger partial charge in [0.25, 0.3) is 0 Å². The highest BCUT2D eigenvalue weighted by Crippen LogP contribution is 2.14. The van der Waals surface area contributed by atoms with Gasteiger partial charge in [0.2, 0.25) is 10.0 Å². The van der Waals surface area contributed by atoms with E-state index in [1.165, 1.54) is 18.4 Å². The van der Waals surface area contributed by atoms with Gasteiger partial charge in [-0.1, -0.05) is 12.1 Å². The molecule has 1 unspecified atom stereocenters. The molecule has 1 aromatic rings. The molecule has 26 heavy (non-hydrogen) atoms. The molecule has 0 amide bonds. The van der Waals surface area contributed by atoms with Gasteiger partial charge in [0.1, 0.15) is 0 Å². The quantitative estimate of drug-likeness (QED) is 0.342. The minimum absolute atomic E-state index is 0. The number of rotatable bonds is 7. The first kappa shape index (κ1) is 23.1. The van der Waals surface area contributed by atoms with Crippen LogP contribution in [-0.4, -0.2) is 58.6 Å². The number of aliphatic imine (C=N–C) groups is 1. The number of halogens is 1. The van der Waals surface area contributed by atoms with E-state index in [0.29, 0.717) is 6.54 Å². The lowest BCUT2D eigenvalue weighted by Gasteiger charge is -2.15. The summed E-state index contributed by atoms with van der Waals surface area (Å²) in [4.78, 5) is 4.84. The summed E-state index contributed by atoms with van der Waals surface area (Å²) in [7, 11) is -0.345. The molecule has 0 radical (unpaired) electrons. The van der Waals surface area contributed by atoms with E-state index in [0.717, 1.165) is 44.1 Å². The van der Waals surface area contributed by atoms with Crippen molar-refractivity contribution in [3.63, 3.8) is 0 Å². The third-order valence-electron chi connectivity index (χ3n) is 3.99. The Kier molecular flexibility index (Phi) is 9.83. The molecule has 0 spiro atoms. The van der Waals surface area contributed by atoms with Crippen molar-refractivity contribution in [3.05, 3.63) is 29.8 Å². The molecule has 0 aromatic heterocycles. The molecule has 1 saturated heterocycles. The largest absolute Gasteiger partial charge is 0.376 e. The van der Waals surface area contributed by atoms with Crippen LogP contribution in [0.2, 0.25) is 0 Å². The van der Waals surface area contributed by atoms with Crippen LogP contribution in [0.3, 0.4) is 0 Å². The maximum Gasteiger partial charge on any atom is 0.242 e. The molecule has 0 saturated carbocycles. The summed E-state index contributed by atoms with van der Waals surface area (Å²) in [5.41, 5.74) is 0.951. The second-order valence-corrected chi connectivity index (χ2v) is 8.29. The lowest BCUT2D eigenvalue weighted by Crippen LogP contribution is -2.41. The normalized spacial score (nSPS) is 17.8. The van der Waals surface area contributed by atoms with Crippen LogP contribution in [-0.2, 0) is 21.3 Å².